The van der Waals surface area contributed by atoms with Crippen molar-refractivity contribution in [3.05, 3.63) is 63.6 Å². The van der Waals surface area contributed by atoms with Crippen molar-refractivity contribution in [3.63, 3.8) is 0 Å². The van der Waals surface area contributed by atoms with Crippen molar-refractivity contribution >= 4 is 31.9 Å². The van der Waals surface area contributed by atoms with Crippen LogP contribution in [0.2, 0.25) is 0 Å². The fourth-order valence-electron chi connectivity index (χ4n) is 3.15. The zero-order valence-corrected chi connectivity index (χ0v) is 17.8. The van der Waals surface area contributed by atoms with Crippen LogP contribution in [0, 0.1) is 6.92 Å². The number of carbonyl (C=O) groups is 1. The molecule has 1 aliphatic heterocycles. The van der Waals surface area contributed by atoms with Gasteiger partial charge in [-0.05, 0) is 48.9 Å². The van der Waals surface area contributed by atoms with Gasteiger partial charge < -0.3 is 4.90 Å². The Morgan fingerprint density at radius 2 is 1.69 bits per heavy atom. The van der Waals surface area contributed by atoms with E-state index < -0.39 is 26.7 Å². The van der Waals surface area contributed by atoms with Gasteiger partial charge in [-0.15, -0.1) is 0 Å². The van der Waals surface area contributed by atoms with Gasteiger partial charge in [0.1, 0.15) is 0 Å². The highest BCUT2D eigenvalue weighted by Gasteiger charge is 2.34. The molecule has 10 heteroatoms. The van der Waals surface area contributed by atoms with E-state index in [1.165, 1.54) is 0 Å². The SMILES string of the molecule is Cc1cc(Br)ccc1C(=O)N1CCN(S(=O)(=O)c2cccc(C(F)(F)F)c2)CC1. The molecule has 0 spiro atoms. The van der Waals surface area contributed by atoms with E-state index in [1.54, 1.807) is 17.0 Å². The minimum atomic E-state index is -4.63. The predicted molar refractivity (Wildman–Crippen MR) is 105 cm³/mol. The number of sulfonamides is 1. The maximum absolute atomic E-state index is 12.9. The fraction of sp³-hybridized carbons (Fsp3) is 0.316. The standard InChI is InChI=1S/C19H18BrF3N2O3S/c1-13-11-15(20)5-6-17(13)18(26)24-7-9-25(10-8-24)29(27,28)16-4-2-3-14(12-16)19(21,22)23/h2-6,11-12H,7-10H2,1H3. The van der Waals surface area contributed by atoms with Crippen LogP contribution in [0.25, 0.3) is 0 Å². The van der Waals surface area contributed by atoms with Gasteiger partial charge >= 0.3 is 6.18 Å². The van der Waals surface area contributed by atoms with Crippen LogP contribution in [0.3, 0.4) is 0 Å². The van der Waals surface area contributed by atoms with Gasteiger partial charge in [0.15, 0.2) is 0 Å². The normalized spacial score (nSPS) is 16.1. The van der Waals surface area contributed by atoms with Gasteiger partial charge in [0.05, 0.1) is 10.5 Å². The summed E-state index contributed by atoms with van der Waals surface area (Å²) >= 11 is 3.34. The lowest BCUT2D eigenvalue weighted by Crippen LogP contribution is -2.50. The predicted octanol–water partition coefficient (Wildman–Crippen LogP) is 3.92. The zero-order valence-electron chi connectivity index (χ0n) is 15.4. The number of aryl methyl sites for hydroxylation is 1. The minimum Gasteiger partial charge on any atom is -0.336 e. The van der Waals surface area contributed by atoms with E-state index in [9.17, 15) is 26.4 Å². The van der Waals surface area contributed by atoms with Gasteiger partial charge in [0, 0.05) is 36.2 Å². The van der Waals surface area contributed by atoms with Gasteiger partial charge in [-0.1, -0.05) is 22.0 Å². The van der Waals surface area contributed by atoms with Crippen LogP contribution in [0.1, 0.15) is 21.5 Å². The summed E-state index contributed by atoms with van der Waals surface area (Å²) in [6, 6.07) is 8.97. The summed E-state index contributed by atoms with van der Waals surface area (Å²) in [7, 11) is -4.08. The van der Waals surface area contributed by atoms with E-state index in [4.69, 9.17) is 0 Å². The third-order valence-electron chi connectivity index (χ3n) is 4.74. The molecule has 156 valence electrons. The molecule has 0 bridgehead atoms. The van der Waals surface area contributed by atoms with E-state index in [1.807, 2.05) is 13.0 Å². The topological polar surface area (TPSA) is 57.7 Å². The number of hydrogen-bond donors (Lipinski definition) is 0. The second-order valence-corrected chi connectivity index (χ2v) is 9.53. The molecule has 2 aromatic rings. The van der Waals surface area contributed by atoms with E-state index >= 15 is 0 Å². The maximum atomic E-state index is 12.9. The second kappa shape index (κ2) is 8.08. The van der Waals surface area contributed by atoms with Crippen molar-refractivity contribution < 1.29 is 26.4 Å². The average molecular weight is 491 g/mol. The summed E-state index contributed by atoms with van der Waals surface area (Å²) in [4.78, 5) is 13.9. The molecule has 0 unspecified atom stereocenters. The smallest absolute Gasteiger partial charge is 0.336 e. The summed E-state index contributed by atoms with van der Waals surface area (Å²) in [5.74, 6) is -0.203. The molecule has 0 radical (unpaired) electrons. The van der Waals surface area contributed by atoms with E-state index in [0.717, 1.165) is 32.5 Å². The van der Waals surface area contributed by atoms with Crippen LogP contribution in [-0.2, 0) is 16.2 Å². The number of amides is 1. The molecule has 2 aromatic carbocycles. The van der Waals surface area contributed by atoms with Crippen LogP contribution >= 0.6 is 15.9 Å². The molecular formula is C19H18BrF3N2O3S. The van der Waals surface area contributed by atoms with Gasteiger partial charge in [-0.2, -0.15) is 17.5 Å². The Bertz CT molecular complexity index is 1030. The first kappa shape index (κ1) is 21.8. The van der Waals surface area contributed by atoms with Crippen molar-refractivity contribution in [2.24, 2.45) is 0 Å². The number of benzene rings is 2. The van der Waals surface area contributed by atoms with Crippen molar-refractivity contribution in [1.82, 2.24) is 9.21 Å². The molecular weight excluding hydrogens is 473 g/mol. The number of piperazine rings is 1. The number of rotatable bonds is 3. The lowest BCUT2D eigenvalue weighted by Gasteiger charge is -2.34. The monoisotopic (exact) mass is 490 g/mol. The number of hydrogen-bond acceptors (Lipinski definition) is 3. The Hall–Kier alpha value is -1.91. The summed E-state index contributed by atoms with van der Waals surface area (Å²) in [6.07, 6.45) is -4.63. The number of halogens is 4. The van der Waals surface area contributed by atoms with Crippen LogP contribution < -0.4 is 0 Å². The van der Waals surface area contributed by atoms with Crippen molar-refractivity contribution in [2.45, 2.75) is 18.0 Å². The summed E-state index contributed by atoms with van der Waals surface area (Å²) in [6.45, 7) is 2.16. The summed E-state index contributed by atoms with van der Waals surface area (Å²) < 4.78 is 66.2. The molecule has 29 heavy (non-hydrogen) atoms. The van der Waals surface area contributed by atoms with Crippen molar-refractivity contribution in [3.8, 4) is 0 Å². The highest BCUT2D eigenvalue weighted by atomic mass is 79.9. The lowest BCUT2D eigenvalue weighted by atomic mass is 10.1. The van der Waals surface area contributed by atoms with Crippen molar-refractivity contribution in [2.75, 3.05) is 26.2 Å². The Morgan fingerprint density at radius 3 is 2.28 bits per heavy atom. The van der Waals surface area contributed by atoms with E-state index in [-0.39, 0.29) is 32.1 Å². The lowest BCUT2D eigenvalue weighted by molar-refractivity contribution is -0.137. The molecule has 1 amide bonds. The largest absolute Gasteiger partial charge is 0.416 e. The van der Waals surface area contributed by atoms with Gasteiger partial charge in [-0.25, -0.2) is 8.42 Å². The first-order chi connectivity index (χ1) is 13.5. The molecule has 0 aromatic heterocycles. The van der Waals surface area contributed by atoms with Crippen LogP contribution in [0.4, 0.5) is 13.2 Å². The van der Waals surface area contributed by atoms with Crippen LogP contribution in [0.15, 0.2) is 51.8 Å². The summed E-state index contributed by atoms with van der Waals surface area (Å²) in [5.41, 5.74) is 0.309. The van der Waals surface area contributed by atoms with Crippen LogP contribution in [-0.4, -0.2) is 49.7 Å². The molecule has 0 atom stereocenters. The average Bonchev–Trinajstić information content (AvgIpc) is 2.67. The molecule has 1 aliphatic rings. The first-order valence-corrected chi connectivity index (χ1v) is 11.0. The fourth-order valence-corrected chi connectivity index (χ4v) is 5.10. The Kier molecular flexibility index (Phi) is 6.07. The Morgan fingerprint density at radius 1 is 1.03 bits per heavy atom. The van der Waals surface area contributed by atoms with Crippen LogP contribution in [0.5, 0.6) is 0 Å². The number of carbonyl (C=O) groups excluding carboxylic acids is 1. The van der Waals surface area contributed by atoms with Crippen molar-refractivity contribution in [1.29, 1.82) is 0 Å². The molecule has 1 fully saturated rings. The number of alkyl halides is 3. The van der Waals surface area contributed by atoms with E-state index in [0.29, 0.717) is 11.6 Å². The highest BCUT2D eigenvalue weighted by molar-refractivity contribution is 9.10. The molecule has 5 nitrogen and oxygen atoms in total. The zero-order chi connectivity index (χ0) is 21.4. The highest BCUT2D eigenvalue weighted by Crippen LogP contribution is 2.31. The summed E-state index contributed by atoms with van der Waals surface area (Å²) in [5, 5.41) is 0. The first-order valence-electron chi connectivity index (χ1n) is 8.73. The molecule has 0 N–H and O–H groups in total. The quantitative estimate of drug-likeness (QED) is 0.654. The molecule has 1 saturated heterocycles. The third-order valence-corrected chi connectivity index (χ3v) is 7.13. The molecule has 0 saturated carbocycles. The number of nitrogens with zero attached hydrogens (tertiary/aromatic N) is 2. The van der Waals surface area contributed by atoms with E-state index in [2.05, 4.69) is 15.9 Å². The second-order valence-electron chi connectivity index (χ2n) is 6.68. The Labute approximate surface area is 175 Å². The third kappa shape index (κ3) is 4.65. The maximum Gasteiger partial charge on any atom is 0.416 e. The van der Waals surface area contributed by atoms with Gasteiger partial charge in [-0.3, -0.25) is 4.79 Å². The minimum absolute atomic E-state index is 0.0138. The van der Waals surface area contributed by atoms with Gasteiger partial charge in [0.25, 0.3) is 5.91 Å². The Balaban J connectivity index is 1.74. The van der Waals surface area contributed by atoms with Gasteiger partial charge in [0.2, 0.25) is 10.0 Å². The molecule has 3 rings (SSSR count). The molecule has 0 aliphatic carbocycles. The molecule has 1 heterocycles.